The monoisotopic (exact) mass is 582 g/mol. The largest absolute Gasteiger partial charge is 0.495 e. The molecule has 4 aliphatic rings. The Morgan fingerprint density at radius 2 is 1.88 bits per heavy atom. The number of halogens is 1. The smallest absolute Gasteiger partial charge is 0.151 e. The van der Waals surface area contributed by atoms with Gasteiger partial charge in [0.15, 0.2) is 5.17 Å². The molecule has 2 N–H and O–H groups in total. The molecular weight excluding hydrogens is 536 g/mol. The van der Waals surface area contributed by atoms with Crippen LogP contribution in [0.4, 0.5) is 5.69 Å². The Labute approximate surface area is 250 Å². The molecule has 1 atom stereocenters. The second-order valence-electron chi connectivity index (χ2n) is 11.6. The fraction of sp³-hybridized carbons (Fsp3) is 0.625. The van der Waals surface area contributed by atoms with Gasteiger partial charge in [-0.15, -0.1) is 0 Å². The predicted molar refractivity (Wildman–Crippen MR) is 171 cm³/mol. The van der Waals surface area contributed by atoms with Gasteiger partial charge in [-0.05, 0) is 62.3 Å². The molecule has 0 saturated carbocycles. The third-order valence-electron chi connectivity index (χ3n) is 9.06. The molecule has 1 aromatic rings. The van der Waals surface area contributed by atoms with Crippen LogP contribution in [0.1, 0.15) is 58.4 Å². The van der Waals surface area contributed by atoms with Gasteiger partial charge in [-0.2, -0.15) is 0 Å². The van der Waals surface area contributed by atoms with E-state index >= 15 is 0 Å². The quantitative estimate of drug-likeness (QED) is 0.447. The van der Waals surface area contributed by atoms with E-state index in [1.807, 2.05) is 6.20 Å². The number of piperidine rings is 1. The van der Waals surface area contributed by atoms with Crippen molar-refractivity contribution in [2.45, 2.75) is 65.0 Å². The average Bonchev–Trinajstić information content (AvgIpc) is 3.02. The summed E-state index contributed by atoms with van der Waals surface area (Å²) in [5, 5.41) is 7.61. The van der Waals surface area contributed by atoms with Crippen molar-refractivity contribution in [3.63, 3.8) is 0 Å². The number of rotatable bonds is 8. The molecule has 4 heterocycles. The Morgan fingerprint density at radius 3 is 2.56 bits per heavy atom. The van der Waals surface area contributed by atoms with Crippen molar-refractivity contribution in [2.75, 3.05) is 64.5 Å². The summed E-state index contributed by atoms with van der Waals surface area (Å²) >= 11 is 6.66. The highest BCUT2D eigenvalue weighted by atomic mass is 35.5. The normalized spacial score (nSPS) is 25.0. The van der Waals surface area contributed by atoms with Crippen LogP contribution < -0.4 is 20.3 Å². The molecule has 8 nitrogen and oxygen atoms in total. The lowest BCUT2D eigenvalue weighted by Gasteiger charge is -2.41. The molecule has 0 amide bonds. The third kappa shape index (κ3) is 7.16. The predicted octanol–water partition coefficient (Wildman–Crippen LogP) is 5.05. The number of piperazine rings is 1. The lowest BCUT2D eigenvalue weighted by molar-refractivity contribution is 0.0803. The zero-order chi connectivity index (χ0) is 28.8. The molecular formula is C32H47ClN6O2. The second-order valence-corrected chi connectivity index (χ2v) is 11.9. The lowest BCUT2D eigenvalue weighted by atomic mass is 9.89. The second kappa shape index (κ2) is 14.2. The van der Waals surface area contributed by atoms with Crippen LogP contribution in [0.2, 0.25) is 0 Å². The van der Waals surface area contributed by atoms with Crippen LogP contribution in [0, 0.1) is 5.92 Å². The number of hydrogen-bond acceptors (Lipinski definition) is 8. The molecule has 0 aromatic heterocycles. The van der Waals surface area contributed by atoms with Crippen molar-refractivity contribution in [2.24, 2.45) is 15.9 Å². The van der Waals surface area contributed by atoms with E-state index in [-0.39, 0.29) is 5.92 Å². The van der Waals surface area contributed by atoms with Gasteiger partial charge < -0.3 is 25.0 Å². The van der Waals surface area contributed by atoms with Gasteiger partial charge in [0.05, 0.1) is 24.2 Å². The maximum Gasteiger partial charge on any atom is 0.151 e. The van der Waals surface area contributed by atoms with Crippen LogP contribution in [0.25, 0.3) is 5.57 Å². The lowest BCUT2D eigenvalue weighted by Crippen LogP contribution is -2.52. The molecule has 4 aliphatic heterocycles. The zero-order valence-electron chi connectivity index (χ0n) is 25.2. The molecule has 0 radical (unpaired) electrons. The van der Waals surface area contributed by atoms with Crippen LogP contribution in [-0.4, -0.2) is 87.5 Å². The number of hydrogen-bond donors (Lipinski definition) is 2. The molecule has 3 fully saturated rings. The van der Waals surface area contributed by atoms with E-state index in [1.54, 1.807) is 7.11 Å². The highest BCUT2D eigenvalue weighted by molar-refractivity contribution is 6.84. The fourth-order valence-electron chi connectivity index (χ4n) is 6.54. The minimum absolute atomic E-state index is 0.00256. The molecule has 1 aromatic carbocycles. The molecule has 41 heavy (non-hydrogen) atoms. The summed E-state index contributed by atoms with van der Waals surface area (Å²) < 4.78 is 11.5. The van der Waals surface area contributed by atoms with E-state index in [2.05, 4.69) is 64.4 Å². The first kappa shape index (κ1) is 30.1. The summed E-state index contributed by atoms with van der Waals surface area (Å²) in [5.74, 6) is 0.906. The van der Waals surface area contributed by atoms with Gasteiger partial charge in [0, 0.05) is 82.4 Å². The summed E-state index contributed by atoms with van der Waals surface area (Å²) in [6.45, 7) is 14.7. The van der Waals surface area contributed by atoms with Gasteiger partial charge in [-0.1, -0.05) is 31.5 Å². The first-order chi connectivity index (χ1) is 20.0. The Balaban J connectivity index is 1.31. The van der Waals surface area contributed by atoms with Crippen molar-refractivity contribution in [3.8, 4) is 5.75 Å². The van der Waals surface area contributed by atoms with E-state index in [9.17, 15) is 0 Å². The molecule has 0 aliphatic carbocycles. The standard InChI is InChI=1S/C32H47ClN6O2/c1-5-28(23(3)36-25-10-18-41-19-11-25)37-31-22(2)27(21-35-32(31)33)24-6-7-29(30(20-24)40-4)39-14-8-26(9-15-39)38-16-12-34-13-17-38/h6-7,20-22,25-26,34,36H,5,8-19H2,1-4H3/b28-23+,37-31?. The number of anilines is 1. The van der Waals surface area contributed by atoms with Crippen LogP contribution in [0.3, 0.4) is 0 Å². The van der Waals surface area contributed by atoms with Gasteiger partial charge in [0.25, 0.3) is 0 Å². The number of nitrogens with one attached hydrogen (secondary N) is 2. The van der Waals surface area contributed by atoms with Crippen molar-refractivity contribution in [3.05, 3.63) is 41.4 Å². The van der Waals surface area contributed by atoms with Gasteiger partial charge in [0.1, 0.15) is 5.75 Å². The van der Waals surface area contributed by atoms with Crippen LogP contribution >= 0.6 is 11.6 Å². The first-order valence-corrected chi connectivity index (χ1v) is 15.8. The molecule has 0 spiro atoms. The van der Waals surface area contributed by atoms with Crippen LogP contribution in [0.5, 0.6) is 5.75 Å². The molecule has 5 rings (SSSR count). The number of aliphatic imine (C=N–C) groups is 2. The first-order valence-electron chi connectivity index (χ1n) is 15.4. The Kier molecular flexibility index (Phi) is 10.4. The molecule has 9 heteroatoms. The molecule has 0 bridgehead atoms. The molecule has 224 valence electrons. The summed E-state index contributed by atoms with van der Waals surface area (Å²) in [6.07, 6.45) is 7.12. The van der Waals surface area contributed by atoms with Gasteiger partial charge >= 0.3 is 0 Å². The van der Waals surface area contributed by atoms with Crippen LogP contribution in [-0.2, 0) is 4.74 Å². The topological polar surface area (TPSA) is 73.7 Å². The van der Waals surface area contributed by atoms with E-state index in [0.717, 1.165) is 106 Å². The van der Waals surface area contributed by atoms with Crippen molar-refractivity contribution < 1.29 is 9.47 Å². The summed E-state index contributed by atoms with van der Waals surface area (Å²) in [7, 11) is 1.77. The van der Waals surface area contributed by atoms with Crippen molar-refractivity contribution >= 4 is 33.7 Å². The highest BCUT2D eigenvalue weighted by Gasteiger charge is 2.29. The Morgan fingerprint density at radius 1 is 1.15 bits per heavy atom. The summed E-state index contributed by atoms with van der Waals surface area (Å²) in [5.41, 5.74) is 6.29. The van der Waals surface area contributed by atoms with Gasteiger partial charge in [-0.3, -0.25) is 9.89 Å². The minimum atomic E-state index is 0.00256. The molecule has 3 saturated heterocycles. The number of methoxy groups -OCH3 is 1. The number of allylic oxidation sites excluding steroid dienone is 3. The minimum Gasteiger partial charge on any atom is -0.495 e. The number of ether oxygens (including phenoxy) is 2. The van der Waals surface area contributed by atoms with Gasteiger partial charge in [0.2, 0.25) is 0 Å². The maximum atomic E-state index is 6.66. The number of benzene rings is 1. The van der Waals surface area contributed by atoms with Crippen molar-refractivity contribution in [1.82, 2.24) is 15.5 Å². The Hall–Kier alpha value is -2.39. The maximum absolute atomic E-state index is 6.66. The Bertz CT molecular complexity index is 1170. The van der Waals surface area contributed by atoms with E-state index in [4.69, 9.17) is 26.1 Å². The summed E-state index contributed by atoms with van der Waals surface area (Å²) in [4.78, 5) is 14.8. The summed E-state index contributed by atoms with van der Waals surface area (Å²) in [6, 6.07) is 7.67. The van der Waals surface area contributed by atoms with E-state index < -0.39 is 0 Å². The zero-order valence-corrected chi connectivity index (χ0v) is 26.0. The third-order valence-corrected chi connectivity index (χ3v) is 9.35. The molecule has 1 unspecified atom stereocenters. The van der Waals surface area contributed by atoms with E-state index in [1.165, 1.54) is 18.5 Å². The van der Waals surface area contributed by atoms with E-state index in [0.29, 0.717) is 17.3 Å². The highest BCUT2D eigenvalue weighted by Crippen LogP contribution is 2.37. The van der Waals surface area contributed by atoms with Gasteiger partial charge in [-0.25, -0.2) is 4.99 Å². The number of nitrogens with zero attached hydrogens (tertiary/aromatic N) is 4. The SMILES string of the molecule is CC/C(N=C1C(Cl)=NC=C(c2ccc(N3CCC(N4CCNCC4)CC3)c(OC)c2)C1C)=C(/C)NC1CCOCC1. The average molecular weight is 583 g/mol. The van der Waals surface area contributed by atoms with Crippen LogP contribution in [0.15, 0.2) is 45.8 Å². The van der Waals surface area contributed by atoms with Crippen molar-refractivity contribution in [1.29, 1.82) is 0 Å². The fourth-order valence-corrected chi connectivity index (χ4v) is 6.79.